The molecule has 0 saturated carbocycles. The highest BCUT2D eigenvalue weighted by molar-refractivity contribution is 9.10. The van der Waals surface area contributed by atoms with Gasteiger partial charge in [0.25, 0.3) is 0 Å². The Kier molecular flexibility index (Phi) is 10.1. The van der Waals surface area contributed by atoms with Crippen LogP contribution in [0.1, 0.15) is 61.1 Å². The van der Waals surface area contributed by atoms with E-state index in [9.17, 15) is 9.35 Å². The molecule has 1 N–H and O–H groups in total. The number of pyridine rings is 1. The van der Waals surface area contributed by atoms with E-state index < -0.39 is 47.7 Å². The first kappa shape index (κ1) is 28.5. The van der Waals surface area contributed by atoms with Gasteiger partial charge in [0.1, 0.15) is 26.4 Å². The number of rotatable bonds is 10. The monoisotopic (exact) mass is 540 g/mol. The molecule has 1 rings (SSSR count). The Morgan fingerprint density at radius 2 is 1.77 bits per heavy atom. The van der Waals surface area contributed by atoms with E-state index in [2.05, 4.69) is 25.6 Å². The highest BCUT2D eigenvalue weighted by Crippen LogP contribution is 2.34. The van der Waals surface area contributed by atoms with E-state index in [4.69, 9.17) is 4.74 Å². The van der Waals surface area contributed by atoms with Gasteiger partial charge in [0, 0.05) is 11.4 Å². The molecule has 10 heteroatoms. The SMILES string of the molecule is CCOC(=O)[C@H](F)[C@](C)(N[S+]([O-])C(C)(C)C)c1nc(Br)cc([Si](CC)(CC)CC)c1F. The van der Waals surface area contributed by atoms with Crippen molar-refractivity contribution in [2.75, 3.05) is 6.61 Å². The molecule has 3 atom stereocenters. The molecule has 31 heavy (non-hydrogen) atoms. The molecule has 0 aliphatic carbocycles. The first-order valence-corrected chi connectivity index (χ1v) is 15.2. The van der Waals surface area contributed by atoms with Crippen molar-refractivity contribution in [3.8, 4) is 0 Å². The summed E-state index contributed by atoms with van der Waals surface area (Å²) in [4.78, 5) is 16.6. The summed E-state index contributed by atoms with van der Waals surface area (Å²) >= 11 is 1.54. The number of carbonyl (C=O) groups excluding carboxylic acids is 1. The number of hydrogen-bond acceptors (Lipinski definition) is 5. The molecule has 0 radical (unpaired) electrons. The second kappa shape index (κ2) is 11.0. The maximum absolute atomic E-state index is 16.1. The van der Waals surface area contributed by atoms with Crippen LogP contribution in [0.15, 0.2) is 10.7 Å². The van der Waals surface area contributed by atoms with Gasteiger partial charge in [0.15, 0.2) is 0 Å². The van der Waals surface area contributed by atoms with E-state index in [0.717, 1.165) is 18.1 Å². The molecule has 0 saturated heterocycles. The molecular formula is C21H35BrF2N2O3SSi. The topological polar surface area (TPSA) is 74.3 Å². The van der Waals surface area contributed by atoms with Crippen molar-refractivity contribution in [1.82, 2.24) is 9.71 Å². The molecule has 0 amide bonds. The number of hydrogen-bond donors (Lipinski definition) is 1. The molecule has 0 aromatic carbocycles. The van der Waals surface area contributed by atoms with E-state index in [1.807, 2.05) is 20.8 Å². The fraction of sp³-hybridized carbons (Fsp3) is 0.714. The highest BCUT2D eigenvalue weighted by atomic mass is 79.9. The third-order valence-electron chi connectivity index (χ3n) is 5.88. The normalized spacial score (nSPS) is 16.5. The van der Waals surface area contributed by atoms with Gasteiger partial charge >= 0.3 is 5.97 Å². The summed E-state index contributed by atoms with van der Waals surface area (Å²) in [5.41, 5.74) is -2.27. The molecule has 0 bridgehead atoms. The van der Waals surface area contributed by atoms with Gasteiger partial charge < -0.3 is 9.29 Å². The zero-order valence-corrected chi connectivity index (χ0v) is 23.1. The summed E-state index contributed by atoms with van der Waals surface area (Å²) in [6.45, 7) is 14.1. The number of ether oxygens (including phenoxy) is 1. The van der Waals surface area contributed by atoms with Crippen molar-refractivity contribution in [1.29, 1.82) is 0 Å². The van der Waals surface area contributed by atoms with Crippen LogP contribution in [0.25, 0.3) is 0 Å². The largest absolute Gasteiger partial charge is 0.598 e. The van der Waals surface area contributed by atoms with Crippen LogP contribution in [0.5, 0.6) is 0 Å². The standard InChI is InChI=1S/C21H35BrF2N2O3SSi/c1-9-29-19(27)17(24)21(8,26-30(28)20(5,6)7)18-16(23)14(13-15(22)25-18)31(10-2,11-3)12-4/h13,17,26H,9-12H2,1-8H3/t17-,21-,30?/m0/s1. The lowest BCUT2D eigenvalue weighted by Gasteiger charge is -2.37. The van der Waals surface area contributed by atoms with Gasteiger partial charge in [-0.05, 0) is 61.8 Å². The van der Waals surface area contributed by atoms with E-state index in [1.54, 1.807) is 33.8 Å². The predicted molar refractivity (Wildman–Crippen MR) is 129 cm³/mol. The molecule has 178 valence electrons. The zero-order chi connectivity index (χ0) is 24.2. The molecule has 0 aliphatic heterocycles. The first-order chi connectivity index (χ1) is 14.2. The minimum Gasteiger partial charge on any atom is -0.598 e. The molecule has 1 aromatic heterocycles. The lowest BCUT2D eigenvalue weighted by molar-refractivity contribution is -0.152. The Morgan fingerprint density at radius 3 is 2.19 bits per heavy atom. The van der Waals surface area contributed by atoms with Crippen LogP contribution in [0.2, 0.25) is 18.1 Å². The van der Waals surface area contributed by atoms with E-state index in [1.165, 1.54) is 6.92 Å². The van der Waals surface area contributed by atoms with Crippen LogP contribution < -0.4 is 9.91 Å². The summed E-state index contributed by atoms with van der Waals surface area (Å²) in [6.07, 6.45) is -2.32. The van der Waals surface area contributed by atoms with Crippen molar-refractivity contribution < 1.29 is 22.9 Å². The van der Waals surface area contributed by atoms with E-state index in [0.29, 0.717) is 9.79 Å². The number of carbonyl (C=O) groups is 1. The second-order valence-corrected chi connectivity index (χ2v) is 16.8. The van der Waals surface area contributed by atoms with Gasteiger partial charge in [-0.15, -0.1) is 4.72 Å². The Morgan fingerprint density at radius 1 is 1.26 bits per heavy atom. The van der Waals surface area contributed by atoms with Crippen molar-refractivity contribution in [2.24, 2.45) is 0 Å². The number of nitrogens with zero attached hydrogens (tertiary/aromatic N) is 1. The number of nitrogens with one attached hydrogen (secondary N) is 1. The van der Waals surface area contributed by atoms with Crippen LogP contribution in [-0.4, -0.2) is 41.1 Å². The molecule has 0 spiro atoms. The third kappa shape index (κ3) is 6.07. The lowest BCUT2D eigenvalue weighted by Crippen LogP contribution is -2.58. The first-order valence-electron chi connectivity index (χ1n) is 10.6. The van der Waals surface area contributed by atoms with E-state index in [-0.39, 0.29) is 12.3 Å². The Balaban J connectivity index is 3.82. The minimum atomic E-state index is -2.32. The second-order valence-electron chi connectivity index (χ2n) is 8.80. The number of halogens is 3. The molecular weight excluding hydrogens is 506 g/mol. The maximum atomic E-state index is 16.1. The predicted octanol–water partition coefficient (Wildman–Crippen LogP) is 4.87. The summed E-state index contributed by atoms with van der Waals surface area (Å²) < 4.78 is 51.6. The van der Waals surface area contributed by atoms with Crippen molar-refractivity contribution in [3.05, 3.63) is 22.2 Å². The number of esters is 1. The Labute approximate surface area is 197 Å². The van der Waals surface area contributed by atoms with Crippen molar-refractivity contribution in [3.63, 3.8) is 0 Å². The van der Waals surface area contributed by atoms with Crippen molar-refractivity contribution in [2.45, 2.75) is 90.0 Å². The van der Waals surface area contributed by atoms with Crippen molar-refractivity contribution >= 4 is 46.5 Å². The van der Waals surface area contributed by atoms with Gasteiger partial charge in [0.05, 0.1) is 14.7 Å². The van der Waals surface area contributed by atoms with Crippen LogP contribution in [0, 0.1) is 5.82 Å². The zero-order valence-electron chi connectivity index (χ0n) is 19.7. The lowest BCUT2D eigenvalue weighted by atomic mass is 9.92. The summed E-state index contributed by atoms with van der Waals surface area (Å²) in [7, 11) is -2.22. The number of alkyl halides is 1. The average Bonchev–Trinajstić information content (AvgIpc) is 2.70. The average molecular weight is 542 g/mol. The molecule has 0 fully saturated rings. The van der Waals surface area contributed by atoms with Gasteiger partial charge in [0.2, 0.25) is 6.17 Å². The van der Waals surface area contributed by atoms with Gasteiger partial charge in [-0.2, -0.15) is 0 Å². The fourth-order valence-electron chi connectivity index (χ4n) is 3.57. The minimum absolute atomic E-state index is 0.0329. The van der Waals surface area contributed by atoms with Gasteiger partial charge in [-0.1, -0.05) is 38.9 Å². The molecule has 0 aliphatic rings. The maximum Gasteiger partial charge on any atom is 0.343 e. The summed E-state index contributed by atoms with van der Waals surface area (Å²) in [5.74, 6) is -1.80. The fourth-order valence-corrected chi connectivity index (χ4v) is 8.75. The van der Waals surface area contributed by atoms with Gasteiger partial charge in [-0.3, -0.25) is 0 Å². The Hall–Kier alpha value is -0.553. The number of aromatic nitrogens is 1. The summed E-state index contributed by atoms with van der Waals surface area (Å²) in [5, 5.41) is 0.530. The summed E-state index contributed by atoms with van der Waals surface area (Å²) in [6, 6.07) is 4.09. The quantitative estimate of drug-likeness (QED) is 0.198. The molecule has 1 unspecified atom stereocenters. The Bertz CT molecular complexity index is 769. The van der Waals surface area contributed by atoms with Crippen LogP contribution >= 0.6 is 15.9 Å². The highest BCUT2D eigenvalue weighted by Gasteiger charge is 2.51. The van der Waals surface area contributed by atoms with Gasteiger partial charge in [-0.25, -0.2) is 18.6 Å². The molecule has 5 nitrogen and oxygen atoms in total. The molecule has 1 heterocycles. The third-order valence-corrected chi connectivity index (χ3v) is 13.6. The molecule has 1 aromatic rings. The smallest absolute Gasteiger partial charge is 0.343 e. The van der Waals surface area contributed by atoms with Crippen LogP contribution in [0.3, 0.4) is 0 Å². The van der Waals surface area contributed by atoms with Crippen LogP contribution in [-0.2, 0) is 26.4 Å². The van der Waals surface area contributed by atoms with Crippen LogP contribution in [0.4, 0.5) is 8.78 Å². The van der Waals surface area contributed by atoms with E-state index >= 15 is 8.78 Å².